The van der Waals surface area contributed by atoms with Crippen LogP contribution in [0.2, 0.25) is 0 Å². The fraction of sp³-hybridized carbons (Fsp3) is 0.0556. The van der Waals surface area contributed by atoms with Crippen molar-refractivity contribution in [2.75, 3.05) is 5.32 Å². The molecule has 21 heavy (non-hydrogen) atoms. The van der Waals surface area contributed by atoms with E-state index in [-0.39, 0.29) is 5.91 Å². The van der Waals surface area contributed by atoms with Crippen molar-refractivity contribution in [3.8, 4) is 11.1 Å². The summed E-state index contributed by atoms with van der Waals surface area (Å²) in [6.45, 7) is 2.05. The van der Waals surface area contributed by atoms with Gasteiger partial charge < -0.3 is 5.32 Å². The van der Waals surface area contributed by atoms with Crippen molar-refractivity contribution in [3.05, 3.63) is 76.5 Å². The minimum atomic E-state index is -0.0654. The topological polar surface area (TPSA) is 29.1 Å². The SMILES string of the molecule is Cc1scc(C(=O)Nc2ccccc2)c1-c1ccccc1. The molecule has 0 aliphatic rings. The van der Waals surface area contributed by atoms with Crippen molar-refractivity contribution in [1.82, 2.24) is 0 Å². The molecular formula is C18H15NOS. The van der Waals surface area contributed by atoms with Crippen LogP contribution in [-0.4, -0.2) is 5.91 Å². The molecule has 0 saturated heterocycles. The van der Waals surface area contributed by atoms with E-state index in [9.17, 15) is 4.79 Å². The van der Waals surface area contributed by atoms with E-state index in [4.69, 9.17) is 0 Å². The van der Waals surface area contributed by atoms with Gasteiger partial charge in [-0.2, -0.15) is 0 Å². The third kappa shape index (κ3) is 2.88. The average Bonchev–Trinajstić information content (AvgIpc) is 2.91. The molecule has 0 unspecified atom stereocenters. The molecule has 1 heterocycles. The van der Waals surface area contributed by atoms with E-state index >= 15 is 0 Å². The predicted octanol–water partition coefficient (Wildman–Crippen LogP) is 4.98. The number of hydrogen-bond donors (Lipinski definition) is 1. The number of hydrogen-bond acceptors (Lipinski definition) is 2. The van der Waals surface area contributed by atoms with Gasteiger partial charge in [-0.05, 0) is 24.6 Å². The molecule has 104 valence electrons. The average molecular weight is 293 g/mol. The largest absolute Gasteiger partial charge is 0.322 e. The van der Waals surface area contributed by atoms with Crippen LogP contribution >= 0.6 is 11.3 Å². The van der Waals surface area contributed by atoms with E-state index < -0.39 is 0 Å². The second-order valence-electron chi connectivity index (χ2n) is 4.77. The Labute approximate surface area is 128 Å². The van der Waals surface area contributed by atoms with Crippen molar-refractivity contribution in [2.45, 2.75) is 6.92 Å². The van der Waals surface area contributed by atoms with Crippen LogP contribution in [-0.2, 0) is 0 Å². The molecule has 2 aromatic carbocycles. The Hall–Kier alpha value is -2.39. The summed E-state index contributed by atoms with van der Waals surface area (Å²) in [5.41, 5.74) is 3.64. The number of anilines is 1. The van der Waals surface area contributed by atoms with Gasteiger partial charge in [0.1, 0.15) is 0 Å². The second-order valence-corrected chi connectivity index (χ2v) is 5.85. The minimum absolute atomic E-state index is 0.0654. The van der Waals surface area contributed by atoms with Gasteiger partial charge >= 0.3 is 0 Å². The Balaban J connectivity index is 1.95. The Morgan fingerprint density at radius 3 is 2.24 bits per heavy atom. The maximum Gasteiger partial charge on any atom is 0.257 e. The first kappa shape index (κ1) is 13.6. The van der Waals surface area contributed by atoms with Crippen LogP contribution in [0.4, 0.5) is 5.69 Å². The number of thiophene rings is 1. The highest BCUT2D eigenvalue weighted by molar-refractivity contribution is 7.10. The zero-order valence-corrected chi connectivity index (χ0v) is 12.5. The summed E-state index contributed by atoms with van der Waals surface area (Å²) in [6, 6.07) is 19.6. The molecule has 0 atom stereocenters. The third-order valence-corrected chi connectivity index (χ3v) is 4.22. The van der Waals surface area contributed by atoms with Crippen molar-refractivity contribution in [1.29, 1.82) is 0 Å². The number of nitrogens with one attached hydrogen (secondary N) is 1. The van der Waals surface area contributed by atoms with Crippen molar-refractivity contribution in [3.63, 3.8) is 0 Å². The summed E-state index contributed by atoms with van der Waals surface area (Å²) in [4.78, 5) is 13.7. The van der Waals surface area contributed by atoms with Gasteiger partial charge in [0, 0.05) is 21.5 Å². The van der Waals surface area contributed by atoms with E-state index in [0.717, 1.165) is 27.3 Å². The highest BCUT2D eigenvalue weighted by Crippen LogP contribution is 2.32. The lowest BCUT2D eigenvalue weighted by Crippen LogP contribution is -2.12. The number of benzene rings is 2. The molecule has 3 aromatic rings. The molecule has 1 N–H and O–H groups in total. The van der Waals surface area contributed by atoms with Crippen molar-refractivity contribution >= 4 is 22.9 Å². The maximum atomic E-state index is 12.5. The smallest absolute Gasteiger partial charge is 0.257 e. The molecule has 0 fully saturated rings. The van der Waals surface area contributed by atoms with E-state index in [1.165, 1.54) is 0 Å². The highest BCUT2D eigenvalue weighted by atomic mass is 32.1. The summed E-state index contributed by atoms with van der Waals surface area (Å²) in [6.07, 6.45) is 0. The number of carbonyl (C=O) groups is 1. The maximum absolute atomic E-state index is 12.5. The number of rotatable bonds is 3. The van der Waals surface area contributed by atoms with Crippen LogP contribution in [0.15, 0.2) is 66.0 Å². The van der Waals surface area contributed by atoms with Gasteiger partial charge in [-0.25, -0.2) is 0 Å². The van der Waals surface area contributed by atoms with Gasteiger partial charge in [0.05, 0.1) is 5.56 Å². The van der Waals surface area contributed by atoms with Crippen LogP contribution in [0.3, 0.4) is 0 Å². The monoisotopic (exact) mass is 293 g/mol. The van der Waals surface area contributed by atoms with Crippen LogP contribution in [0, 0.1) is 6.92 Å². The molecule has 2 nitrogen and oxygen atoms in total. The lowest BCUT2D eigenvalue weighted by molar-refractivity contribution is 0.102. The zero-order chi connectivity index (χ0) is 14.7. The van der Waals surface area contributed by atoms with Crippen LogP contribution in [0.1, 0.15) is 15.2 Å². The third-order valence-electron chi connectivity index (χ3n) is 3.31. The first-order valence-corrected chi connectivity index (χ1v) is 7.63. The fourth-order valence-corrected chi connectivity index (χ4v) is 3.17. The summed E-state index contributed by atoms with van der Waals surface area (Å²) in [7, 11) is 0. The lowest BCUT2D eigenvalue weighted by Gasteiger charge is -2.07. The molecule has 0 aliphatic heterocycles. The molecule has 0 saturated carbocycles. The van der Waals surface area contributed by atoms with Gasteiger partial charge in [-0.15, -0.1) is 11.3 Å². The molecule has 1 aromatic heterocycles. The molecular weight excluding hydrogens is 278 g/mol. The fourth-order valence-electron chi connectivity index (χ4n) is 2.31. The minimum Gasteiger partial charge on any atom is -0.322 e. The molecule has 3 rings (SSSR count). The summed E-state index contributed by atoms with van der Waals surface area (Å²) in [5.74, 6) is -0.0654. The Kier molecular flexibility index (Phi) is 3.84. The summed E-state index contributed by atoms with van der Waals surface area (Å²) >= 11 is 1.60. The normalized spacial score (nSPS) is 10.3. The Morgan fingerprint density at radius 2 is 1.57 bits per heavy atom. The number of para-hydroxylation sites is 1. The quantitative estimate of drug-likeness (QED) is 0.725. The standard InChI is InChI=1S/C18H15NOS/c1-13-17(14-8-4-2-5-9-14)16(12-21-13)18(20)19-15-10-6-3-7-11-15/h2-12H,1H3,(H,19,20). The molecule has 0 bridgehead atoms. The molecule has 0 radical (unpaired) electrons. The predicted molar refractivity (Wildman–Crippen MR) is 88.9 cm³/mol. The van der Waals surface area contributed by atoms with E-state index in [2.05, 4.69) is 5.32 Å². The Morgan fingerprint density at radius 1 is 0.952 bits per heavy atom. The molecule has 0 aliphatic carbocycles. The zero-order valence-electron chi connectivity index (χ0n) is 11.7. The first-order chi connectivity index (χ1) is 10.3. The van der Waals surface area contributed by atoms with Gasteiger partial charge in [0.25, 0.3) is 5.91 Å². The van der Waals surface area contributed by atoms with Gasteiger partial charge in [-0.1, -0.05) is 48.5 Å². The van der Waals surface area contributed by atoms with Crippen LogP contribution in [0.5, 0.6) is 0 Å². The molecule has 1 amide bonds. The first-order valence-electron chi connectivity index (χ1n) is 6.75. The Bertz CT molecular complexity index is 747. The molecule has 3 heteroatoms. The van der Waals surface area contributed by atoms with E-state index in [1.54, 1.807) is 11.3 Å². The van der Waals surface area contributed by atoms with Crippen LogP contribution in [0.25, 0.3) is 11.1 Å². The molecule has 0 spiro atoms. The van der Waals surface area contributed by atoms with E-state index in [1.807, 2.05) is 73.0 Å². The lowest BCUT2D eigenvalue weighted by atomic mass is 10.0. The second kappa shape index (κ2) is 5.94. The van der Waals surface area contributed by atoms with Gasteiger partial charge in [-0.3, -0.25) is 4.79 Å². The van der Waals surface area contributed by atoms with Crippen molar-refractivity contribution < 1.29 is 4.79 Å². The summed E-state index contributed by atoms with van der Waals surface area (Å²) < 4.78 is 0. The van der Waals surface area contributed by atoms with Crippen LogP contribution < -0.4 is 5.32 Å². The van der Waals surface area contributed by atoms with Gasteiger partial charge in [0.15, 0.2) is 0 Å². The van der Waals surface area contributed by atoms with E-state index in [0.29, 0.717) is 0 Å². The van der Waals surface area contributed by atoms with Gasteiger partial charge in [0.2, 0.25) is 0 Å². The number of amides is 1. The highest BCUT2D eigenvalue weighted by Gasteiger charge is 2.17. The number of carbonyl (C=O) groups excluding carboxylic acids is 1. The number of aryl methyl sites for hydroxylation is 1. The van der Waals surface area contributed by atoms with Crippen molar-refractivity contribution in [2.24, 2.45) is 0 Å². The summed E-state index contributed by atoms with van der Waals surface area (Å²) in [5, 5.41) is 4.88.